The first kappa shape index (κ1) is 20.5. The summed E-state index contributed by atoms with van der Waals surface area (Å²) >= 11 is 13.5. The van der Waals surface area contributed by atoms with Crippen LogP contribution < -0.4 is 5.32 Å². The zero-order valence-corrected chi connectivity index (χ0v) is 17.0. The van der Waals surface area contributed by atoms with Gasteiger partial charge in [-0.2, -0.15) is 18.3 Å². The summed E-state index contributed by atoms with van der Waals surface area (Å²) in [6, 6.07) is 9.31. The topological polar surface area (TPSA) is 44.7 Å². The van der Waals surface area contributed by atoms with E-state index in [0.29, 0.717) is 5.75 Å². The minimum absolute atomic E-state index is 0.0348. The van der Waals surface area contributed by atoms with E-state index >= 15 is 0 Å². The fraction of sp³-hybridized carbons (Fsp3) is 0.312. The van der Waals surface area contributed by atoms with Gasteiger partial charge < -0.3 is 5.32 Å². The van der Waals surface area contributed by atoms with Crippen molar-refractivity contribution in [1.82, 2.24) is 10.3 Å². The number of rotatable bonds is 4. The Morgan fingerprint density at radius 2 is 2.11 bits per heavy atom. The molecule has 144 valence electrons. The number of hydrazone groups is 1. The Morgan fingerprint density at radius 3 is 2.67 bits per heavy atom. The lowest BCUT2D eigenvalue weighted by Gasteiger charge is -2.30. The van der Waals surface area contributed by atoms with Gasteiger partial charge in [0.2, 0.25) is 0 Å². The second kappa shape index (κ2) is 7.65. The molecule has 2 heterocycles. The summed E-state index contributed by atoms with van der Waals surface area (Å²) in [7, 11) is 1.43. The number of carbonyl (C=O) groups excluding carboxylic acids is 1. The standard InChI is InChI=1S/C16H13ClF3N3OS3/c1-23-13(26-8-9-5-3-2-4-6-9)15(17,12(22-23)16(18,19)20)7-10-11(24)21-14(25)27-10/h2-7,13H,8H2,1H3,(H,21,24,25). The summed E-state index contributed by atoms with van der Waals surface area (Å²) in [4.78, 5) is 9.96. The lowest BCUT2D eigenvalue weighted by atomic mass is 10.0. The van der Waals surface area contributed by atoms with Gasteiger partial charge in [0, 0.05) is 12.8 Å². The van der Waals surface area contributed by atoms with Gasteiger partial charge in [0.25, 0.3) is 5.91 Å². The van der Waals surface area contributed by atoms with Crippen LogP contribution in [-0.4, -0.2) is 44.4 Å². The molecule has 4 nitrogen and oxygen atoms in total. The third kappa shape index (κ3) is 4.28. The Bertz CT molecular complexity index is 831. The fourth-order valence-electron chi connectivity index (χ4n) is 2.68. The van der Waals surface area contributed by atoms with Gasteiger partial charge >= 0.3 is 6.18 Å². The number of hydrogen-bond donors (Lipinski definition) is 1. The highest BCUT2D eigenvalue weighted by atomic mass is 35.5. The molecule has 0 radical (unpaired) electrons. The summed E-state index contributed by atoms with van der Waals surface area (Å²) < 4.78 is 41.0. The maximum atomic E-state index is 13.6. The van der Waals surface area contributed by atoms with E-state index in [0.717, 1.165) is 23.4 Å². The van der Waals surface area contributed by atoms with Crippen LogP contribution in [0.15, 0.2) is 46.4 Å². The Labute approximate surface area is 172 Å². The van der Waals surface area contributed by atoms with Crippen LogP contribution in [0.25, 0.3) is 0 Å². The van der Waals surface area contributed by atoms with Crippen molar-refractivity contribution >= 4 is 63.3 Å². The molecule has 2 atom stereocenters. The second-order valence-electron chi connectivity index (χ2n) is 5.79. The van der Waals surface area contributed by atoms with E-state index in [9.17, 15) is 18.0 Å². The normalized spacial score (nSPS) is 27.3. The number of alkyl halides is 4. The second-order valence-corrected chi connectivity index (χ2v) is 9.20. The average Bonchev–Trinajstić information content (AvgIpc) is 3.02. The maximum absolute atomic E-state index is 13.6. The van der Waals surface area contributed by atoms with E-state index in [4.69, 9.17) is 23.8 Å². The number of nitrogens with zero attached hydrogens (tertiary/aromatic N) is 2. The number of halogens is 4. The molecule has 0 aliphatic carbocycles. The van der Waals surface area contributed by atoms with E-state index in [1.54, 1.807) is 0 Å². The van der Waals surface area contributed by atoms with Gasteiger partial charge in [-0.3, -0.25) is 9.80 Å². The maximum Gasteiger partial charge on any atom is 0.433 e. The van der Waals surface area contributed by atoms with Crippen molar-refractivity contribution in [2.75, 3.05) is 7.05 Å². The summed E-state index contributed by atoms with van der Waals surface area (Å²) in [6.45, 7) is 0. The molecule has 3 rings (SSSR count). The molecular formula is C16H13ClF3N3OS3. The summed E-state index contributed by atoms with van der Waals surface area (Å²) in [5, 5.41) is 6.36. The quantitative estimate of drug-likeness (QED) is 0.424. The molecule has 1 fully saturated rings. The van der Waals surface area contributed by atoms with E-state index < -0.39 is 28.0 Å². The van der Waals surface area contributed by atoms with Crippen LogP contribution in [0.5, 0.6) is 0 Å². The summed E-state index contributed by atoms with van der Waals surface area (Å²) in [6.07, 6.45) is -3.62. The van der Waals surface area contributed by atoms with Gasteiger partial charge in [-0.25, -0.2) is 0 Å². The Balaban J connectivity index is 1.94. The first-order valence-electron chi connectivity index (χ1n) is 7.61. The van der Waals surface area contributed by atoms with Gasteiger partial charge in [0.05, 0.1) is 4.91 Å². The van der Waals surface area contributed by atoms with E-state index in [2.05, 4.69) is 10.4 Å². The summed E-state index contributed by atoms with van der Waals surface area (Å²) in [5.41, 5.74) is -0.208. The number of hydrogen-bond acceptors (Lipinski definition) is 6. The summed E-state index contributed by atoms with van der Waals surface area (Å²) in [5.74, 6) is -0.126. The predicted octanol–water partition coefficient (Wildman–Crippen LogP) is 4.12. The lowest BCUT2D eigenvalue weighted by molar-refractivity contribution is -0.115. The lowest BCUT2D eigenvalue weighted by Crippen LogP contribution is -2.46. The smallest absolute Gasteiger partial charge is 0.307 e. The van der Waals surface area contributed by atoms with E-state index in [1.807, 2.05) is 30.3 Å². The fourth-order valence-corrected chi connectivity index (χ4v) is 5.65. The van der Waals surface area contributed by atoms with Crippen molar-refractivity contribution in [1.29, 1.82) is 0 Å². The first-order chi connectivity index (χ1) is 12.6. The van der Waals surface area contributed by atoms with Crippen molar-refractivity contribution in [3.63, 3.8) is 0 Å². The molecule has 0 aromatic heterocycles. The van der Waals surface area contributed by atoms with Gasteiger partial charge in [-0.15, -0.1) is 23.4 Å². The van der Waals surface area contributed by atoms with Crippen LogP contribution in [0, 0.1) is 0 Å². The number of thioether (sulfide) groups is 2. The molecule has 0 bridgehead atoms. The van der Waals surface area contributed by atoms with Crippen LogP contribution in [0.3, 0.4) is 0 Å². The van der Waals surface area contributed by atoms with Gasteiger partial charge in [-0.1, -0.05) is 54.3 Å². The Kier molecular flexibility index (Phi) is 5.81. The molecule has 1 N–H and O–H groups in total. The van der Waals surface area contributed by atoms with Crippen molar-refractivity contribution in [3.05, 3.63) is 46.9 Å². The molecule has 1 amide bonds. The highest BCUT2D eigenvalue weighted by Crippen LogP contribution is 2.46. The average molecular weight is 452 g/mol. The van der Waals surface area contributed by atoms with E-state index in [-0.39, 0.29) is 9.23 Å². The molecule has 2 aliphatic rings. The van der Waals surface area contributed by atoms with Crippen molar-refractivity contribution in [3.8, 4) is 0 Å². The van der Waals surface area contributed by atoms with Crippen LogP contribution >= 0.6 is 47.3 Å². The molecule has 27 heavy (non-hydrogen) atoms. The van der Waals surface area contributed by atoms with Crippen LogP contribution in [0.1, 0.15) is 5.56 Å². The van der Waals surface area contributed by atoms with Crippen molar-refractivity contribution in [2.45, 2.75) is 22.2 Å². The Morgan fingerprint density at radius 1 is 1.44 bits per heavy atom. The van der Waals surface area contributed by atoms with Crippen molar-refractivity contribution < 1.29 is 18.0 Å². The number of amides is 1. The Hall–Kier alpha value is -1.23. The van der Waals surface area contributed by atoms with Crippen LogP contribution in [0.4, 0.5) is 13.2 Å². The molecule has 1 aromatic carbocycles. The van der Waals surface area contributed by atoms with Crippen LogP contribution in [0.2, 0.25) is 0 Å². The molecule has 11 heteroatoms. The highest BCUT2D eigenvalue weighted by Gasteiger charge is 2.58. The largest absolute Gasteiger partial charge is 0.433 e. The monoisotopic (exact) mass is 451 g/mol. The third-order valence-electron chi connectivity index (χ3n) is 3.82. The number of thiocarbonyl (C=S) groups is 1. The van der Waals surface area contributed by atoms with Gasteiger partial charge in [-0.05, 0) is 11.6 Å². The van der Waals surface area contributed by atoms with Gasteiger partial charge in [0.15, 0.2) is 5.71 Å². The highest BCUT2D eigenvalue weighted by molar-refractivity contribution is 8.26. The predicted molar refractivity (Wildman–Crippen MR) is 108 cm³/mol. The van der Waals surface area contributed by atoms with Crippen LogP contribution in [-0.2, 0) is 10.5 Å². The SMILES string of the molecule is CN1N=C(C(F)(F)F)C(Cl)(C=C2SC(=S)NC2=O)C1SCc1ccccc1. The van der Waals surface area contributed by atoms with E-state index in [1.165, 1.54) is 23.8 Å². The molecule has 1 aromatic rings. The minimum atomic E-state index is -4.74. The third-order valence-corrected chi connectivity index (χ3v) is 7.10. The molecule has 2 unspecified atom stereocenters. The number of benzene rings is 1. The van der Waals surface area contributed by atoms with Crippen molar-refractivity contribution in [2.24, 2.45) is 5.10 Å². The molecule has 0 saturated carbocycles. The molecule has 0 spiro atoms. The number of carbonyl (C=O) groups is 1. The zero-order chi connectivity index (χ0) is 19.8. The minimum Gasteiger partial charge on any atom is -0.307 e. The molecule has 1 saturated heterocycles. The first-order valence-corrected chi connectivity index (χ1v) is 10.3. The zero-order valence-electron chi connectivity index (χ0n) is 13.8. The number of nitrogens with one attached hydrogen (secondary N) is 1. The molecule has 2 aliphatic heterocycles. The molecular weight excluding hydrogens is 439 g/mol. The van der Waals surface area contributed by atoms with Gasteiger partial charge in [0.1, 0.15) is 14.6 Å².